The summed E-state index contributed by atoms with van der Waals surface area (Å²) >= 11 is 6.12. The highest BCUT2D eigenvalue weighted by Gasteiger charge is 2.28. The SMILES string of the molecule is CN(c1c(Cl)cccc1CO)C1CC1. The van der Waals surface area contributed by atoms with Crippen molar-refractivity contribution >= 4 is 17.3 Å². The molecule has 0 aliphatic heterocycles. The lowest BCUT2D eigenvalue weighted by Crippen LogP contribution is -2.21. The number of aliphatic hydroxyl groups is 1. The molecular weight excluding hydrogens is 198 g/mol. The maximum absolute atomic E-state index is 9.21. The highest BCUT2D eigenvalue weighted by atomic mass is 35.5. The second kappa shape index (κ2) is 3.79. The minimum atomic E-state index is 0.0486. The number of anilines is 1. The fourth-order valence-corrected chi connectivity index (χ4v) is 2.05. The van der Waals surface area contributed by atoms with E-state index in [9.17, 15) is 5.11 Å². The van der Waals surface area contributed by atoms with Crippen LogP contribution in [0.2, 0.25) is 5.02 Å². The minimum absolute atomic E-state index is 0.0486. The van der Waals surface area contributed by atoms with E-state index in [4.69, 9.17) is 11.6 Å². The molecule has 76 valence electrons. The third-order valence-electron chi connectivity index (χ3n) is 2.69. The molecule has 0 radical (unpaired) electrons. The van der Waals surface area contributed by atoms with Gasteiger partial charge in [0.05, 0.1) is 17.3 Å². The number of rotatable bonds is 3. The van der Waals surface area contributed by atoms with Crippen LogP contribution in [0.25, 0.3) is 0 Å². The van der Waals surface area contributed by atoms with Gasteiger partial charge in [-0.25, -0.2) is 0 Å². The molecule has 1 N–H and O–H groups in total. The third-order valence-corrected chi connectivity index (χ3v) is 2.99. The summed E-state index contributed by atoms with van der Waals surface area (Å²) in [5.41, 5.74) is 1.89. The second-order valence-corrected chi connectivity index (χ2v) is 4.15. The summed E-state index contributed by atoms with van der Waals surface area (Å²) in [5, 5.41) is 9.94. The lowest BCUT2D eigenvalue weighted by Gasteiger charge is -2.22. The maximum atomic E-state index is 9.21. The van der Waals surface area contributed by atoms with E-state index in [-0.39, 0.29) is 6.61 Å². The van der Waals surface area contributed by atoms with Crippen LogP contribution in [0.1, 0.15) is 18.4 Å². The molecule has 1 fully saturated rings. The van der Waals surface area contributed by atoms with Crippen LogP contribution < -0.4 is 4.90 Å². The number of aliphatic hydroxyl groups excluding tert-OH is 1. The van der Waals surface area contributed by atoms with Crippen molar-refractivity contribution in [3.05, 3.63) is 28.8 Å². The summed E-state index contributed by atoms with van der Waals surface area (Å²) < 4.78 is 0. The van der Waals surface area contributed by atoms with Crippen LogP contribution in [0.15, 0.2) is 18.2 Å². The molecule has 1 aliphatic carbocycles. The van der Waals surface area contributed by atoms with Gasteiger partial charge in [0, 0.05) is 18.7 Å². The van der Waals surface area contributed by atoms with E-state index >= 15 is 0 Å². The highest BCUT2D eigenvalue weighted by molar-refractivity contribution is 6.33. The molecular formula is C11H14ClNO. The Hall–Kier alpha value is -0.730. The Balaban J connectivity index is 2.37. The highest BCUT2D eigenvalue weighted by Crippen LogP contribution is 2.36. The average molecular weight is 212 g/mol. The first-order valence-corrected chi connectivity index (χ1v) is 5.23. The van der Waals surface area contributed by atoms with Crippen molar-refractivity contribution in [3.63, 3.8) is 0 Å². The molecule has 1 saturated carbocycles. The van der Waals surface area contributed by atoms with Crippen molar-refractivity contribution in [2.75, 3.05) is 11.9 Å². The molecule has 1 aromatic carbocycles. The van der Waals surface area contributed by atoms with Crippen LogP contribution in [0.4, 0.5) is 5.69 Å². The molecule has 0 atom stereocenters. The van der Waals surface area contributed by atoms with E-state index in [1.807, 2.05) is 25.2 Å². The molecule has 2 rings (SSSR count). The molecule has 0 heterocycles. The first-order valence-electron chi connectivity index (χ1n) is 4.85. The summed E-state index contributed by atoms with van der Waals surface area (Å²) in [7, 11) is 2.04. The van der Waals surface area contributed by atoms with Crippen LogP contribution in [-0.4, -0.2) is 18.2 Å². The van der Waals surface area contributed by atoms with Crippen LogP contribution in [0.3, 0.4) is 0 Å². The van der Waals surface area contributed by atoms with E-state index < -0.39 is 0 Å². The zero-order valence-electron chi connectivity index (χ0n) is 8.20. The second-order valence-electron chi connectivity index (χ2n) is 3.75. The maximum Gasteiger partial charge on any atom is 0.0702 e. The zero-order chi connectivity index (χ0) is 10.1. The van der Waals surface area contributed by atoms with Crippen molar-refractivity contribution in [2.45, 2.75) is 25.5 Å². The molecule has 0 aromatic heterocycles. The van der Waals surface area contributed by atoms with Gasteiger partial charge in [-0.05, 0) is 18.9 Å². The van der Waals surface area contributed by atoms with E-state index in [1.54, 1.807) is 0 Å². The van der Waals surface area contributed by atoms with Gasteiger partial charge in [-0.2, -0.15) is 0 Å². The standard InChI is InChI=1S/C11H14ClNO/c1-13(9-5-6-9)11-8(7-14)3-2-4-10(11)12/h2-4,9,14H,5-7H2,1H3. The monoisotopic (exact) mass is 211 g/mol. The predicted molar refractivity (Wildman–Crippen MR) is 58.8 cm³/mol. The van der Waals surface area contributed by atoms with Crippen molar-refractivity contribution in [1.29, 1.82) is 0 Å². The van der Waals surface area contributed by atoms with Gasteiger partial charge < -0.3 is 10.0 Å². The molecule has 0 saturated heterocycles. The average Bonchev–Trinajstić information content (AvgIpc) is 2.99. The van der Waals surface area contributed by atoms with E-state index in [1.165, 1.54) is 12.8 Å². The Bertz CT molecular complexity index is 336. The van der Waals surface area contributed by atoms with Gasteiger partial charge in [0.2, 0.25) is 0 Å². The third kappa shape index (κ3) is 1.72. The fourth-order valence-electron chi connectivity index (χ4n) is 1.73. The summed E-state index contributed by atoms with van der Waals surface area (Å²) in [4.78, 5) is 2.17. The first kappa shape index (κ1) is 9.81. The summed E-state index contributed by atoms with van der Waals surface area (Å²) in [6.07, 6.45) is 2.46. The molecule has 2 nitrogen and oxygen atoms in total. The van der Waals surface area contributed by atoms with E-state index in [2.05, 4.69) is 4.90 Å². The molecule has 14 heavy (non-hydrogen) atoms. The topological polar surface area (TPSA) is 23.5 Å². The van der Waals surface area contributed by atoms with Crippen molar-refractivity contribution in [3.8, 4) is 0 Å². The lowest BCUT2D eigenvalue weighted by molar-refractivity contribution is 0.282. The zero-order valence-corrected chi connectivity index (χ0v) is 8.96. The smallest absolute Gasteiger partial charge is 0.0702 e. The number of benzene rings is 1. The Morgan fingerprint density at radius 1 is 1.50 bits per heavy atom. The van der Waals surface area contributed by atoms with E-state index in [0.29, 0.717) is 6.04 Å². The van der Waals surface area contributed by atoms with Gasteiger partial charge in [0.1, 0.15) is 0 Å². The molecule has 0 unspecified atom stereocenters. The summed E-state index contributed by atoms with van der Waals surface area (Å²) in [6, 6.07) is 6.27. The predicted octanol–water partition coefficient (Wildman–Crippen LogP) is 2.43. The van der Waals surface area contributed by atoms with Crippen molar-refractivity contribution in [1.82, 2.24) is 0 Å². The van der Waals surface area contributed by atoms with Crippen LogP contribution in [0.5, 0.6) is 0 Å². The molecule has 3 heteroatoms. The summed E-state index contributed by atoms with van der Waals surface area (Å²) in [6.45, 7) is 0.0486. The lowest BCUT2D eigenvalue weighted by atomic mass is 10.1. The Morgan fingerprint density at radius 2 is 2.21 bits per heavy atom. The van der Waals surface area contributed by atoms with Gasteiger partial charge in [-0.3, -0.25) is 0 Å². The Kier molecular flexibility index (Phi) is 2.66. The number of hydrogen-bond acceptors (Lipinski definition) is 2. The number of nitrogens with zero attached hydrogens (tertiary/aromatic N) is 1. The molecule has 1 aromatic rings. The van der Waals surface area contributed by atoms with Crippen molar-refractivity contribution < 1.29 is 5.11 Å². The number of hydrogen-bond donors (Lipinski definition) is 1. The van der Waals surface area contributed by atoms with Crippen LogP contribution in [-0.2, 0) is 6.61 Å². The largest absolute Gasteiger partial charge is 0.392 e. The summed E-state index contributed by atoms with van der Waals surface area (Å²) in [5.74, 6) is 0. The molecule has 0 amide bonds. The molecule has 1 aliphatic rings. The van der Waals surface area contributed by atoms with Gasteiger partial charge in [0.25, 0.3) is 0 Å². The quantitative estimate of drug-likeness (QED) is 0.830. The molecule has 0 spiro atoms. The normalized spacial score (nSPS) is 15.6. The fraction of sp³-hybridized carbons (Fsp3) is 0.455. The van der Waals surface area contributed by atoms with Gasteiger partial charge in [0.15, 0.2) is 0 Å². The first-order chi connectivity index (χ1) is 6.74. The number of halogens is 1. The van der Waals surface area contributed by atoms with Crippen LogP contribution >= 0.6 is 11.6 Å². The Morgan fingerprint density at radius 3 is 2.79 bits per heavy atom. The van der Waals surface area contributed by atoms with Crippen LogP contribution in [0, 0.1) is 0 Å². The Labute approximate surface area is 89.1 Å². The van der Waals surface area contributed by atoms with Gasteiger partial charge >= 0.3 is 0 Å². The minimum Gasteiger partial charge on any atom is -0.392 e. The van der Waals surface area contributed by atoms with E-state index in [0.717, 1.165) is 16.3 Å². The molecule has 0 bridgehead atoms. The number of para-hydroxylation sites is 1. The van der Waals surface area contributed by atoms with Gasteiger partial charge in [-0.15, -0.1) is 0 Å². The van der Waals surface area contributed by atoms with Crippen molar-refractivity contribution in [2.24, 2.45) is 0 Å². The van der Waals surface area contributed by atoms with Gasteiger partial charge in [-0.1, -0.05) is 23.7 Å².